The van der Waals surface area contributed by atoms with E-state index < -0.39 is 0 Å². The Kier molecular flexibility index (Phi) is 5.24. The third-order valence-corrected chi connectivity index (χ3v) is 2.99. The summed E-state index contributed by atoms with van der Waals surface area (Å²) in [5.41, 5.74) is 2.07. The van der Waals surface area contributed by atoms with Gasteiger partial charge in [0.05, 0.1) is 0 Å². The fourth-order valence-electron chi connectivity index (χ4n) is 1.88. The number of hydrogen-bond acceptors (Lipinski definition) is 2. The first-order valence-electron chi connectivity index (χ1n) is 6.96. The molecule has 0 amide bonds. The zero-order chi connectivity index (χ0) is 14.2. The van der Waals surface area contributed by atoms with Crippen LogP contribution in [0.3, 0.4) is 0 Å². The zero-order valence-electron chi connectivity index (χ0n) is 11.8. The second kappa shape index (κ2) is 7.39. The van der Waals surface area contributed by atoms with Gasteiger partial charge in [0.2, 0.25) is 0 Å². The van der Waals surface area contributed by atoms with Crippen molar-refractivity contribution in [2.24, 2.45) is 0 Å². The molecule has 2 aromatic carbocycles. The number of hydrogen-bond donors (Lipinski definition) is 1. The molecule has 0 saturated heterocycles. The number of benzene rings is 2. The summed E-state index contributed by atoms with van der Waals surface area (Å²) < 4.78 is 5.63. The summed E-state index contributed by atoms with van der Waals surface area (Å²) in [6.07, 6.45) is 6.30. The average Bonchev–Trinajstić information content (AvgIpc) is 2.48. The van der Waals surface area contributed by atoms with Crippen LogP contribution in [0.2, 0.25) is 0 Å². The Labute approximate surface area is 120 Å². The predicted molar refractivity (Wildman–Crippen MR) is 82.8 cm³/mol. The molecule has 0 saturated carbocycles. The van der Waals surface area contributed by atoms with Gasteiger partial charge in [0, 0.05) is 0 Å². The van der Waals surface area contributed by atoms with Crippen molar-refractivity contribution >= 4 is 6.08 Å². The van der Waals surface area contributed by atoms with E-state index >= 15 is 0 Å². The number of unbranched alkanes of at least 4 members (excludes halogenated alkanes) is 1. The highest BCUT2D eigenvalue weighted by Crippen LogP contribution is 2.28. The van der Waals surface area contributed by atoms with E-state index in [1.807, 2.05) is 48.5 Å². The van der Waals surface area contributed by atoms with Crippen LogP contribution in [0.5, 0.6) is 11.5 Å². The average molecular weight is 268 g/mol. The standard InChI is InChI=1S/C18H20O2/c1-2-3-5-8-15-11-12-18(17(19)13-15)20-14-16-9-6-4-7-10-16/h4-13,19H,2-3,14H2,1H3. The molecular formula is C18H20O2. The predicted octanol–water partition coefficient (Wildman–Crippen LogP) is 4.78. The van der Waals surface area contributed by atoms with Crippen molar-refractivity contribution in [1.82, 2.24) is 0 Å². The van der Waals surface area contributed by atoms with E-state index in [0.717, 1.165) is 24.0 Å². The number of phenols is 1. The van der Waals surface area contributed by atoms with E-state index in [1.54, 1.807) is 6.07 Å². The molecule has 0 heterocycles. The van der Waals surface area contributed by atoms with Gasteiger partial charge in [0.15, 0.2) is 11.5 Å². The third kappa shape index (κ3) is 4.16. The molecule has 0 spiro atoms. The van der Waals surface area contributed by atoms with Crippen LogP contribution in [-0.4, -0.2) is 5.11 Å². The molecule has 0 fully saturated rings. The molecule has 0 aromatic heterocycles. The summed E-state index contributed by atoms with van der Waals surface area (Å²) >= 11 is 0. The van der Waals surface area contributed by atoms with Crippen LogP contribution in [0.4, 0.5) is 0 Å². The molecule has 0 radical (unpaired) electrons. The first kappa shape index (κ1) is 14.2. The molecule has 0 aliphatic carbocycles. The van der Waals surface area contributed by atoms with Crippen molar-refractivity contribution in [3.05, 3.63) is 65.7 Å². The summed E-state index contributed by atoms with van der Waals surface area (Å²) in [6, 6.07) is 15.4. The highest BCUT2D eigenvalue weighted by molar-refractivity contribution is 5.55. The lowest BCUT2D eigenvalue weighted by Gasteiger charge is -2.08. The smallest absolute Gasteiger partial charge is 0.161 e. The molecule has 0 aliphatic heterocycles. The van der Waals surface area contributed by atoms with Crippen LogP contribution in [0.25, 0.3) is 6.08 Å². The minimum atomic E-state index is 0.180. The molecule has 1 N–H and O–H groups in total. The van der Waals surface area contributed by atoms with Gasteiger partial charge in [-0.25, -0.2) is 0 Å². The summed E-state index contributed by atoms with van der Waals surface area (Å²) in [6.45, 7) is 2.60. The first-order chi connectivity index (χ1) is 9.79. The highest BCUT2D eigenvalue weighted by Gasteiger charge is 2.03. The monoisotopic (exact) mass is 268 g/mol. The van der Waals surface area contributed by atoms with Gasteiger partial charge in [0.1, 0.15) is 6.61 Å². The van der Waals surface area contributed by atoms with E-state index in [1.165, 1.54) is 0 Å². The first-order valence-corrected chi connectivity index (χ1v) is 6.96. The van der Waals surface area contributed by atoms with Crippen LogP contribution in [0.1, 0.15) is 30.9 Å². The molecule has 0 unspecified atom stereocenters. The van der Waals surface area contributed by atoms with Crippen molar-refractivity contribution in [1.29, 1.82) is 0 Å². The maximum Gasteiger partial charge on any atom is 0.161 e. The Morgan fingerprint density at radius 1 is 1.10 bits per heavy atom. The van der Waals surface area contributed by atoms with Crippen LogP contribution >= 0.6 is 0 Å². The van der Waals surface area contributed by atoms with Crippen LogP contribution in [-0.2, 0) is 6.61 Å². The van der Waals surface area contributed by atoms with Gasteiger partial charge in [-0.3, -0.25) is 0 Å². The minimum absolute atomic E-state index is 0.180. The summed E-state index contributed by atoms with van der Waals surface area (Å²) in [7, 11) is 0. The molecule has 2 rings (SSSR count). The second-order valence-electron chi connectivity index (χ2n) is 4.69. The molecule has 0 aliphatic rings. The topological polar surface area (TPSA) is 29.5 Å². The van der Waals surface area contributed by atoms with Crippen molar-refractivity contribution in [2.75, 3.05) is 0 Å². The fourth-order valence-corrected chi connectivity index (χ4v) is 1.88. The van der Waals surface area contributed by atoms with Gasteiger partial charge in [-0.05, 0) is 29.7 Å². The lowest BCUT2D eigenvalue weighted by molar-refractivity contribution is 0.289. The van der Waals surface area contributed by atoms with Crippen molar-refractivity contribution in [2.45, 2.75) is 26.4 Å². The molecule has 104 valence electrons. The number of allylic oxidation sites excluding steroid dienone is 1. The normalized spacial score (nSPS) is 10.8. The Morgan fingerprint density at radius 3 is 2.60 bits per heavy atom. The minimum Gasteiger partial charge on any atom is -0.504 e. The maximum atomic E-state index is 9.97. The maximum absolute atomic E-state index is 9.97. The molecule has 2 heteroatoms. The molecular weight excluding hydrogens is 248 g/mol. The number of aromatic hydroxyl groups is 1. The van der Waals surface area contributed by atoms with E-state index in [9.17, 15) is 5.11 Å². The number of rotatable bonds is 6. The van der Waals surface area contributed by atoms with Gasteiger partial charge in [-0.15, -0.1) is 0 Å². The van der Waals surface area contributed by atoms with Crippen molar-refractivity contribution in [3.8, 4) is 11.5 Å². The zero-order valence-corrected chi connectivity index (χ0v) is 11.8. The second-order valence-corrected chi connectivity index (χ2v) is 4.69. The van der Waals surface area contributed by atoms with Gasteiger partial charge in [0.25, 0.3) is 0 Å². The van der Waals surface area contributed by atoms with Crippen molar-refractivity contribution in [3.63, 3.8) is 0 Å². The molecule has 20 heavy (non-hydrogen) atoms. The van der Waals surface area contributed by atoms with Gasteiger partial charge < -0.3 is 9.84 Å². The lowest BCUT2D eigenvalue weighted by Crippen LogP contribution is -1.95. The number of ether oxygens (including phenoxy) is 1. The van der Waals surface area contributed by atoms with Gasteiger partial charge in [-0.2, -0.15) is 0 Å². The highest BCUT2D eigenvalue weighted by atomic mass is 16.5. The van der Waals surface area contributed by atoms with Crippen LogP contribution < -0.4 is 4.74 Å². The molecule has 2 aromatic rings. The Hall–Kier alpha value is -2.22. The van der Waals surface area contributed by atoms with Crippen molar-refractivity contribution < 1.29 is 9.84 Å². The fraction of sp³-hybridized carbons (Fsp3) is 0.222. The molecule has 0 bridgehead atoms. The largest absolute Gasteiger partial charge is 0.504 e. The number of phenolic OH excluding ortho intramolecular Hbond substituents is 1. The Morgan fingerprint density at radius 2 is 1.90 bits per heavy atom. The Balaban J connectivity index is 1.99. The van der Waals surface area contributed by atoms with E-state index in [-0.39, 0.29) is 5.75 Å². The van der Waals surface area contributed by atoms with Crippen LogP contribution in [0, 0.1) is 0 Å². The quantitative estimate of drug-likeness (QED) is 0.816. The third-order valence-electron chi connectivity index (χ3n) is 2.99. The SMILES string of the molecule is CCCC=Cc1ccc(OCc2ccccc2)c(O)c1. The Bertz CT molecular complexity index is 559. The molecule has 0 atom stereocenters. The van der Waals surface area contributed by atoms with E-state index in [4.69, 9.17) is 4.74 Å². The summed E-state index contributed by atoms with van der Waals surface area (Å²) in [5.74, 6) is 0.695. The molecule has 2 nitrogen and oxygen atoms in total. The lowest BCUT2D eigenvalue weighted by atomic mass is 10.1. The van der Waals surface area contributed by atoms with E-state index in [0.29, 0.717) is 12.4 Å². The van der Waals surface area contributed by atoms with Crippen LogP contribution in [0.15, 0.2) is 54.6 Å². The van der Waals surface area contributed by atoms with Gasteiger partial charge in [-0.1, -0.05) is 61.9 Å². The summed E-state index contributed by atoms with van der Waals surface area (Å²) in [4.78, 5) is 0. The van der Waals surface area contributed by atoms with Gasteiger partial charge >= 0.3 is 0 Å². The summed E-state index contributed by atoms with van der Waals surface area (Å²) in [5, 5.41) is 9.97. The van der Waals surface area contributed by atoms with E-state index in [2.05, 4.69) is 13.0 Å².